The molecule has 0 aromatic carbocycles. The molecule has 1 aliphatic heterocycles. The number of carbonyl (C=O) groups is 1. The van der Waals surface area contributed by atoms with Gasteiger partial charge in [0.15, 0.2) is 0 Å². The second-order valence-corrected chi connectivity index (χ2v) is 10.2. The molecule has 3 rings (SSSR count). The van der Waals surface area contributed by atoms with Gasteiger partial charge in [0.05, 0.1) is 0 Å². The molecule has 0 radical (unpaired) electrons. The molecule has 134 valence electrons. The van der Waals surface area contributed by atoms with E-state index in [9.17, 15) is 13.2 Å². The van der Waals surface area contributed by atoms with Crippen LogP contribution in [0.2, 0.25) is 0 Å². The molecule has 0 bridgehead atoms. The lowest BCUT2D eigenvalue weighted by atomic mass is 9.88. The number of nitrogens with zero attached hydrogens (tertiary/aromatic N) is 2. The van der Waals surface area contributed by atoms with Crippen molar-refractivity contribution in [3.63, 3.8) is 0 Å². The van der Waals surface area contributed by atoms with Crippen molar-refractivity contribution in [1.29, 1.82) is 0 Å². The van der Waals surface area contributed by atoms with E-state index in [-0.39, 0.29) is 11.8 Å². The van der Waals surface area contributed by atoms with E-state index >= 15 is 0 Å². The van der Waals surface area contributed by atoms with E-state index in [4.69, 9.17) is 0 Å². The molecule has 0 N–H and O–H groups in total. The van der Waals surface area contributed by atoms with Crippen molar-refractivity contribution in [2.75, 3.05) is 26.2 Å². The van der Waals surface area contributed by atoms with E-state index in [0.29, 0.717) is 36.8 Å². The average molecular weight is 371 g/mol. The van der Waals surface area contributed by atoms with Crippen LogP contribution < -0.4 is 0 Å². The SMILES string of the molecule is Cc1ccc(S(=O)(=O)N2CCCN(C(=O)C3CCCCC3)CC2)s1. The highest BCUT2D eigenvalue weighted by Gasteiger charge is 2.31. The Morgan fingerprint density at radius 3 is 2.46 bits per heavy atom. The van der Waals surface area contributed by atoms with Crippen LogP contribution in [0.4, 0.5) is 0 Å². The van der Waals surface area contributed by atoms with Gasteiger partial charge in [-0.05, 0) is 38.3 Å². The fourth-order valence-electron chi connectivity index (χ4n) is 3.64. The van der Waals surface area contributed by atoms with Gasteiger partial charge in [-0.2, -0.15) is 4.31 Å². The summed E-state index contributed by atoms with van der Waals surface area (Å²) in [5.41, 5.74) is 0. The quantitative estimate of drug-likeness (QED) is 0.822. The maximum atomic E-state index is 12.8. The van der Waals surface area contributed by atoms with Crippen LogP contribution in [0.5, 0.6) is 0 Å². The molecule has 1 aliphatic carbocycles. The zero-order valence-corrected chi connectivity index (χ0v) is 15.9. The van der Waals surface area contributed by atoms with E-state index in [1.807, 2.05) is 17.9 Å². The predicted octanol–water partition coefficient (Wildman–Crippen LogP) is 2.86. The molecule has 1 saturated carbocycles. The van der Waals surface area contributed by atoms with Crippen LogP contribution in [0, 0.1) is 12.8 Å². The highest BCUT2D eigenvalue weighted by Crippen LogP contribution is 2.27. The molecule has 1 saturated heterocycles. The van der Waals surface area contributed by atoms with Gasteiger partial charge in [-0.25, -0.2) is 8.42 Å². The van der Waals surface area contributed by atoms with Crippen molar-refractivity contribution >= 4 is 27.3 Å². The maximum absolute atomic E-state index is 12.8. The highest BCUT2D eigenvalue weighted by molar-refractivity contribution is 7.91. The summed E-state index contributed by atoms with van der Waals surface area (Å²) < 4.78 is 27.5. The van der Waals surface area contributed by atoms with Crippen LogP contribution in [0.15, 0.2) is 16.3 Å². The number of hydrogen-bond acceptors (Lipinski definition) is 4. The van der Waals surface area contributed by atoms with Crippen LogP contribution in [0.25, 0.3) is 0 Å². The van der Waals surface area contributed by atoms with E-state index < -0.39 is 10.0 Å². The van der Waals surface area contributed by atoms with E-state index in [1.54, 1.807) is 10.4 Å². The Morgan fingerprint density at radius 1 is 1.04 bits per heavy atom. The lowest BCUT2D eigenvalue weighted by Crippen LogP contribution is -2.40. The molecule has 0 unspecified atom stereocenters. The standard InChI is InChI=1S/C17H26N2O3S2/c1-14-8-9-16(23-14)24(21,22)19-11-5-10-18(12-13-19)17(20)15-6-3-2-4-7-15/h8-9,15H,2-7,10-13H2,1H3. The van der Waals surface area contributed by atoms with Crippen LogP contribution in [0.1, 0.15) is 43.4 Å². The topological polar surface area (TPSA) is 57.7 Å². The molecule has 5 nitrogen and oxygen atoms in total. The Balaban J connectivity index is 1.65. The number of thiophene rings is 1. The number of hydrogen-bond donors (Lipinski definition) is 0. The van der Waals surface area contributed by atoms with E-state index in [1.165, 1.54) is 17.8 Å². The minimum atomic E-state index is -3.42. The van der Waals surface area contributed by atoms with Gasteiger partial charge in [-0.1, -0.05) is 19.3 Å². The lowest BCUT2D eigenvalue weighted by molar-refractivity contribution is -0.136. The smallest absolute Gasteiger partial charge is 0.252 e. The molecule has 2 fully saturated rings. The Morgan fingerprint density at radius 2 is 1.79 bits per heavy atom. The Labute approximate surface area is 148 Å². The first-order valence-electron chi connectivity index (χ1n) is 8.84. The third kappa shape index (κ3) is 3.83. The third-order valence-electron chi connectivity index (χ3n) is 5.03. The number of rotatable bonds is 3. The molecule has 2 heterocycles. The molecular weight excluding hydrogens is 344 g/mol. The highest BCUT2D eigenvalue weighted by atomic mass is 32.2. The fourth-order valence-corrected chi connectivity index (χ4v) is 6.55. The largest absolute Gasteiger partial charge is 0.341 e. The Bertz CT molecular complexity index is 678. The number of sulfonamides is 1. The number of carbonyl (C=O) groups excluding carboxylic acids is 1. The number of aryl methyl sites for hydroxylation is 1. The summed E-state index contributed by atoms with van der Waals surface area (Å²) in [6.45, 7) is 3.99. The van der Waals surface area contributed by atoms with Crippen LogP contribution in [-0.4, -0.2) is 49.7 Å². The van der Waals surface area contributed by atoms with Crippen molar-refractivity contribution in [2.24, 2.45) is 5.92 Å². The second-order valence-electron chi connectivity index (χ2n) is 6.78. The molecular formula is C17H26N2O3S2. The van der Waals surface area contributed by atoms with Gasteiger partial charge in [0.25, 0.3) is 10.0 Å². The first kappa shape index (κ1) is 17.9. The van der Waals surface area contributed by atoms with Crippen molar-refractivity contribution in [3.8, 4) is 0 Å². The van der Waals surface area contributed by atoms with Crippen molar-refractivity contribution < 1.29 is 13.2 Å². The molecule has 1 aromatic rings. The predicted molar refractivity (Wildman–Crippen MR) is 95.6 cm³/mol. The van der Waals surface area contributed by atoms with Gasteiger partial charge < -0.3 is 4.90 Å². The van der Waals surface area contributed by atoms with Gasteiger partial charge in [-0.3, -0.25) is 4.79 Å². The monoisotopic (exact) mass is 370 g/mol. The summed E-state index contributed by atoms with van der Waals surface area (Å²) in [6, 6.07) is 3.53. The third-order valence-corrected chi connectivity index (χ3v) is 8.40. The second kappa shape index (κ2) is 7.54. The first-order valence-corrected chi connectivity index (χ1v) is 11.1. The molecule has 0 atom stereocenters. The van der Waals surface area contributed by atoms with Crippen LogP contribution in [-0.2, 0) is 14.8 Å². The van der Waals surface area contributed by atoms with Gasteiger partial charge in [0.1, 0.15) is 4.21 Å². The van der Waals surface area contributed by atoms with Gasteiger partial charge >= 0.3 is 0 Å². The summed E-state index contributed by atoms with van der Waals surface area (Å²) in [7, 11) is -3.42. The minimum absolute atomic E-state index is 0.154. The number of amides is 1. The molecule has 1 amide bonds. The minimum Gasteiger partial charge on any atom is -0.341 e. The van der Waals surface area contributed by atoms with Crippen LogP contribution in [0.3, 0.4) is 0 Å². The van der Waals surface area contributed by atoms with Crippen LogP contribution >= 0.6 is 11.3 Å². The van der Waals surface area contributed by atoms with Gasteiger partial charge in [-0.15, -0.1) is 11.3 Å². The van der Waals surface area contributed by atoms with E-state index in [2.05, 4.69) is 0 Å². The van der Waals surface area contributed by atoms with E-state index in [0.717, 1.165) is 30.6 Å². The maximum Gasteiger partial charge on any atom is 0.252 e. The summed E-state index contributed by atoms with van der Waals surface area (Å²) >= 11 is 1.31. The Hall–Kier alpha value is -0.920. The normalized spacial score (nSPS) is 21.6. The fraction of sp³-hybridized carbons (Fsp3) is 0.706. The Kier molecular flexibility index (Phi) is 5.62. The molecule has 7 heteroatoms. The molecule has 2 aliphatic rings. The molecule has 1 aromatic heterocycles. The van der Waals surface area contributed by atoms with Crippen molar-refractivity contribution in [1.82, 2.24) is 9.21 Å². The summed E-state index contributed by atoms with van der Waals surface area (Å²) in [5.74, 6) is 0.391. The zero-order valence-electron chi connectivity index (χ0n) is 14.2. The summed E-state index contributed by atoms with van der Waals surface area (Å²) in [5, 5.41) is 0. The van der Waals surface area contributed by atoms with Crippen molar-refractivity contribution in [3.05, 3.63) is 17.0 Å². The van der Waals surface area contributed by atoms with Crippen molar-refractivity contribution in [2.45, 2.75) is 49.7 Å². The molecule has 0 spiro atoms. The molecule has 24 heavy (non-hydrogen) atoms. The van der Waals surface area contributed by atoms with Gasteiger partial charge in [0.2, 0.25) is 5.91 Å². The average Bonchev–Trinajstić information content (AvgIpc) is 2.88. The summed E-state index contributed by atoms with van der Waals surface area (Å²) in [6.07, 6.45) is 6.21. The zero-order chi connectivity index (χ0) is 17.2. The first-order chi connectivity index (χ1) is 11.5. The van der Waals surface area contributed by atoms with Gasteiger partial charge in [0, 0.05) is 37.0 Å². The lowest BCUT2D eigenvalue weighted by Gasteiger charge is -2.28. The summed E-state index contributed by atoms with van der Waals surface area (Å²) in [4.78, 5) is 15.6.